The SMILES string of the molecule is Cn1c(=O)c(CN(C(=O)C2CCCCC2)C2CCCC2)cc2ccccc21. The fraction of sp³-hybridized carbons (Fsp3) is 0.565. The normalized spacial score (nSPS) is 18.9. The van der Waals surface area contributed by atoms with Crippen molar-refractivity contribution in [3.8, 4) is 0 Å². The van der Waals surface area contributed by atoms with Gasteiger partial charge in [0.1, 0.15) is 0 Å². The van der Waals surface area contributed by atoms with Gasteiger partial charge < -0.3 is 9.47 Å². The zero-order valence-electron chi connectivity index (χ0n) is 16.3. The first-order valence-corrected chi connectivity index (χ1v) is 10.5. The van der Waals surface area contributed by atoms with Crippen molar-refractivity contribution in [3.63, 3.8) is 0 Å². The highest BCUT2D eigenvalue weighted by atomic mass is 16.2. The summed E-state index contributed by atoms with van der Waals surface area (Å²) in [6.45, 7) is 0.456. The van der Waals surface area contributed by atoms with Crippen LogP contribution in [0.2, 0.25) is 0 Å². The van der Waals surface area contributed by atoms with Crippen LogP contribution in [0.15, 0.2) is 35.1 Å². The van der Waals surface area contributed by atoms with Crippen LogP contribution in [0.5, 0.6) is 0 Å². The molecule has 0 radical (unpaired) electrons. The molecule has 0 N–H and O–H groups in total. The van der Waals surface area contributed by atoms with Crippen molar-refractivity contribution in [1.82, 2.24) is 9.47 Å². The zero-order chi connectivity index (χ0) is 18.8. The first kappa shape index (κ1) is 18.3. The Hall–Kier alpha value is -2.10. The highest BCUT2D eigenvalue weighted by Crippen LogP contribution is 2.31. The Morgan fingerprint density at radius 2 is 1.70 bits per heavy atom. The van der Waals surface area contributed by atoms with E-state index in [1.807, 2.05) is 37.4 Å². The number of amides is 1. The van der Waals surface area contributed by atoms with Gasteiger partial charge in [0.2, 0.25) is 5.91 Å². The van der Waals surface area contributed by atoms with Gasteiger partial charge in [-0.25, -0.2) is 0 Å². The number of hydrogen-bond donors (Lipinski definition) is 0. The van der Waals surface area contributed by atoms with E-state index in [-0.39, 0.29) is 17.4 Å². The van der Waals surface area contributed by atoms with Crippen LogP contribution in [-0.4, -0.2) is 21.4 Å². The number of benzene rings is 1. The molecule has 0 atom stereocenters. The molecular weight excluding hydrogens is 336 g/mol. The lowest BCUT2D eigenvalue weighted by Gasteiger charge is -2.34. The Balaban J connectivity index is 1.67. The van der Waals surface area contributed by atoms with Crippen molar-refractivity contribution in [3.05, 3.63) is 46.2 Å². The first-order chi connectivity index (χ1) is 13.1. The highest BCUT2D eigenvalue weighted by molar-refractivity contribution is 5.81. The number of para-hydroxylation sites is 1. The molecule has 1 amide bonds. The van der Waals surface area contributed by atoms with Crippen molar-refractivity contribution in [2.75, 3.05) is 0 Å². The molecule has 4 heteroatoms. The van der Waals surface area contributed by atoms with Crippen LogP contribution in [0.4, 0.5) is 0 Å². The highest BCUT2D eigenvalue weighted by Gasteiger charge is 2.32. The second-order valence-corrected chi connectivity index (χ2v) is 8.33. The summed E-state index contributed by atoms with van der Waals surface area (Å²) in [5.41, 5.74) is 1.71. The Morgan fingerprint density at radius 3 is 2.44 bits per heavy atom. The number of aromatic nitrogens is 1. The molecule has 0 spiro atoms. The minimum absolute atomic E-state index is 0.0214. The maximum Gasteiger partial charge on any atom is 0.255 e. The molecule has 1 aromatic heterocycles. The maximum atomic E-state index is 13.4. The number of carbonyl (C=O) groups excluding carboxylic acids is 1. The molecule has 144 valence electrons. The second kappa shape index (κ2) is 7.87. The van der Waals surface area contributed by atoms with E-state index >= 15 is 0 Å². The zero-order valence-corrected chi connectivity index (χ0v) is 16.3. The van der Waals surface area contributed by atoms with E-state index in [0.717, 1.165) is 55.0 Å². The minimum Gasteiger partial charge on any atom is -0.335 e. The quantitative estimate of drug-likeness (QED) is 0.805. The predicted octanol–water partition coefficient (Wildman–Crippen LogP) is 4.39. The van der Waals surface area contributed by atoms with Crippen LogP contribution >= 0.6 is 0 Å². The minimum atomic E-state index is 0.0214. The molecule has 27 heavy (non-hydrogen) atoms. The van der Waals surface area contributed by atoms with Gasteiger partial charge in [-0.1, -0.05) is 50.3 Å². The average molecular weight is 367 g/mol. The molecule has 1 heterocycles. The standard InChI is InChI=1S/C23H30N2O2/c1-24-21-14-8-5-11-18(21)15-19(22(24)26)16-25(20-12-6-7-13-20)23(27)17-9-3-2-4-10-17/h5,8,11,14-15,17,20H,2-4,6-7,9-10,12-13,16H2,1H3. The van der Waals surface area contributed by atoms with Crippen LogP contribution in [0, 0.1) is 5.92 Å². The monoisotopic (exact) mass is 366 g/mol. The molecule has 0 saturated heterocycles. The Kier molecular flexibility index (Phi) is 5.33. The molecule has 0 aliphatic heterocycles. The summed E-state index contributed by atoms with van der Waals surface area (Å²) in [4.78, 5) is 28.4. The molecule has 2 saturated carbocycles. The molecule has 2 fully saturated rings. The van der Waals surface area contributed by atoms with Gasteiger partial charge in [0.15, 0.2) is 0 Å². The summed E-state index contributed by atoms with van der Waals surface area (Å²) in [6, 6.07) is 10.3. The van der Waals surface area contributed by atoms with Gasteiger partial charge in [-0.3, -0.25) is 9.59 Å². The third-order valence-corrected chi connectivity index (χ3v) is 6.55. The number of hydrogen-bond acceptors (Lipinski definition) is 2. The van der Waals surface area contributed by atoms with Gasteiger partial charge >= 0.3 is 0 Å². The lowest BCUT2D eigenvalue weighted by Crippen LogP contribution is -2.43. The molecule has 2 aromatic rings. The Bertz CT molecular complexity index is 874. The molecule has 4 rings (SSSR count). The fourth-order valence-corrected chi connectivity index (χ4v) is 4.97. The number of aryl methyl sites for hydroxylation is 1. The fourth-order valence-electron chi connectivity index (χ4n) is 4.97. The van der Waals surface area contributed by atoms with Gasteiger partial charge in [0.05, 0.1) is 12.1 Å². The van der Waals surface area contributed by atoms with Crippen molar-refractivity contribution < 1.29 is 4.79 Å². The number of fused-ring (bicyclic) bond motifs is 1. The number of pyridine rings is 1. The third kappa shape index (κ3) is 3.67. The van der Waals surface area contributed by atoms with Crippen LogP contribution in [-0.2, 0) is 18.4 Å². The van der Waals surface area contributed by atoms with E-state index in [1.165, 1.54) is 19.3 Å². The van der Waals surface area contributed by atoms with Crippen LogP contribution in [0.3, 0.4) is 0 Å². The number of nitrogens with zero attached hydrogens (tertiary/aromatic N) is 2. The van der Waals surface area contributed by atoms with E-state index < -0.39 is 0 Å². The molecule has 2 aliphatic carbocycles. The summed E-state index contributed by atoms with van der Waals surface area (Å²) in [5, 5.41) is 1.06. The van der Waals surface area contributed by atoms with Crippen molar-refractivity contribution >= 4 is 16.8 Å². The Labute approximate surface area is 161 Å². The van der Waals surface area contributed by atoms with Crippen LogP contribution < -0.4 is 5.56 Å². The van der Waals surface area contributed by atoms with Gasteiger partial charge in [-0.05, 0) is 43.2 Å². The summed E-state index contributed by atoms with van der Waals surface area (Å²) >= 11 is 0. The summed E-state index contributed by atoms with van der Waals surface area (Å²) < 4.78 is 1.72. The lowest BCUT2D eigenvalue weighted by molar-refractivity contribution is -0.139. The van der Waals surface area contributed by atoms with Gasteiger partial charge in [0.25, 0.3) is 5.56 Å². The predicted molar refractivity (Wildman–Crippen MR) is 109 cm³/mol. The topological polar surface area (TPSA) is 42.3 Å². The molecule has 2 aliphatic rings. The molecule has 0 unspecified atom stereocenters. The summed E-state index contributed by atoms with van der Waals surface area (Å²) in [7, 11) is 1.83. The van der Waals surface area contributed by atoms with E-state index in [4.69, 9.17) is 0 Å². The maximum absolute atomic E-state index is 13.4. The molecule has 1 aromatic carbocycles. The van der Waals surface area contributed by atoms with Gasteiger partial charge in [-0.15, -0.1) is 0 Å². The van der Waals surface area contributed by atoms with E-state index in [9.17, 15) is 9.59 Å². The summed E-state index contributed by atoms with van der Waals surface area (Å²) in [6.07, 6.45) is 10.1. The third-order valence-electron chi connectivity index (χ3n) is 6.55. The molecule has 4 nitrogen and oxygen atoms in total. The summed E-state index contributed by atoms with van der Waals surface area (Å²) in [5.74, 6) is 0.445. The van der Waals surface area contributed by atoms with E-state index in [1.54, 1.807) is 4.57 Å². The van der Waals surface area contributed by atoms with Crippen LogP contribution in [0.1, 0.15) is 63.4 Å². The number of carbonyl (C=O) groups is 1. The first-order valence-electron chi connectivity index (χ1n) is 10.5. The Morgan fingerprint density at radius 1 is 1.04 bits per heavy atom. The van der Waals surface area contributed by atoms with Crippen molar-refractivity contribution in [1.29, 1.82) is 0 Å². The lowest BCUT2D eigenvalue weighted by atomic mass is 9.87. The van der Waals surface area contributed by atoms with E-state index in [0.29, 0.717) is 12.6 Å². The number of rotatable bonds is 4. The molecule has 0 bridgehead atoms. The van der Waals surface area contributed by atoms with Crippen molar-refractivity contribution in [2.24, 2.45) is 13.0 Å². The average Bonchev–Trinajstić information content (AvgIpc) is 3.24. The van der Waals surface area contributed by atoms with Crippen LogP contribution in [0.25, 0.3) is 10.9 Å². The van der Waals surface area contributed by atoms with Crippen molar-refractivity contribution in [2.45, 2.75) is 70.4 Å². The van der Waals surface area contributed by atoms with E-state index in [2.05, 4.69) is 4.90 Å². The van der Waals surface area contributed by atoms with Gasteiger partial charge in [0, 0.05) is 24.6 Å². The second-order valence-electron chi connectivity index (χ2n) is 8.33. The smallest absolute Gasteiger partial charge is 0.255 e. The van der Waals surface area contributed by atoms with Gasteiger partial charge in [-0.2, -0.15) is 0 Å². The molecular formula is C23H30N2O2. The largest absolute Gasteiger partial charge is 0.335 e.